The molecule has 1 aromatic rings. The first-order chi connectivity index (χ1) is 7.80. The molecule has 3 nitrogen and oxygen atoms in total. The van der Waals surface area contributed by atoms with Crippen molar-refractivity contribution < 1.29 is 5.11 Å². The van der Waals surface area contributed by atoms with Gasteiger partial charge in [-0.05, 0) is 17.7 Å². The summed E-state index contributed by atoms with van der Waals surface area (Å²) >= 11 is 0. The summed E-state index contributed by atoms with van der Waals surface area (Å²) < 4.78 is 0. The Morgan fingerprint density at radius 3 is 2.94 bits per heavy atom. The fraction of sp³-hybridized carbons (Fsp3) is 0.308. The molecule has 16 heavy (non-hydrogen) atoms. The number of benzene rings is 1. The van der Waals surface area contributed by atoms with Gasteiger partial charge in [0.25, 0.3) is 0 Å². The predicted molar refractivity (Wildman–Crippen MR) is 63.7 cm³/mol. The van der Waals surface area contributed by atoms with Gasteiger partial charge in [-0.25, -0.2) is 0 Å². The highest BCUT2D eigenvalue weighted by Crippen LogP contribution is 2.07. The maximum atomic E-state index is 8.91. The fourth-order valence-electron chi connectivity index (χ4n) is 1.56. The first kappa shape index (κ1) is 12.4. The number of nitriles is 1. The standard InChI is InChI=1S/C13H16N2O/c1-2-6-15(7-8-16)11-13-5-3-4-12(9-13)10-14/h2-5,9,16H,1,6-8,11H2. The number of aliphatic hydroxyl groups excluding tert-OH is 1. The minimum atomic E-state index is 0.131. The smallest absolute Gasteiger partial charge is 0.0991 e. The summed E-state index contributed by atoms with van der Waals surface area (Å²) in [7, 11) is 0. The number of rotatable bonds is 6. The molecule has 1 N–H and O–H groups in total. The van der Waals surface area contributed by atoms with Crippen LogP contribution in [0.2, 0.25) is 0 Å². The summed E-state index contributed by atoms with van der Waals surface area (Å²) in [4.78, 5) is 2.07. The van der Waals surface area contributed by atoms with Gasteiger partial charge in [0.05, 0.1) is 18.2 Å². The molecule has 0 saturated heterocycles. The van der Waals surface area contributed by atoms with Crippen LogP contribution in [0.15, 0.2) is 36.9 Å². The molecule has 0 spiro atoms. The molecule has 0 aliphatic heterocycles. The Morgan fingerprint density at radius 2 is 2.31 bits per heavy atom. The molecule has 0 atom stereocenters. The maximum absolute atomic E-state index is 8.91. The number of nitrogens with zero attached hydrogens (tertiary/aromatic N) is 2. The van der Waals surface area contributed by atoms with Crippen LogP contribution in [0.3, 0.4) is 0 Å². The lowest BCUT2D eigenvalue weighted by Crippen LogP contribution is -2.26. The lowest BCUT2D eigenvalue weighted by molar-refractivity contribution is 0.203. The van der Waals surface area contributed by atoms with E-state index in [0.29, 0.717) is 12.1 Å². The molecule has 1 rings (SSSR count). The van der Waals surface area contributed by atoms with Gasteiger partial charge in [0, 0.05) is 19.6 Å². The topological polar surface area (TPSA) is 47.3 Å². The summed E-state index contributed by atoms with van der Waals surface area (Å²) in [5.74, 6) is 0. The zero-order chi connectivity index (χ0) is 11.8. The average Bonchev–Trinajstić information content (AvgIpc) is 2.30. The first-order valence-corrected chi connectivity index (χ1v) is 5.23. The molecule has 0 saturated carbocycles. The van der Waals surface area contributed by atoms with Crippen LogP contribution in [0.1, 0.15) is 11.1 Å². The lowest BCUT2D eigenvalue weighted by atomic mass is 10.1. The molecule has 0 radical (unpaired) electrons. The molecular formula is C13H16N2O. The van der Waals surface area contributed by atoms with Crippen molar-refractivity contribution in [3.8, 4) is 6.07 Å². The van der Waals surface area contributed by atoms with Crippen molar-refractivity contribution in [2.24, 2.45) is 0 Å². The van der Waals surface area contributed by atoms with Crippen molar-refractivity contribution in [1.29, 1.82) is 5.26 Å². The average molecular weight is 216 g/mol. The van der Waals surface area contributed by atoms with Crippen molar-refractivity contribution in [3.05, 3.63) is 48.0 Å². The van der Waals surface area contributed by atoms with E-state index in [1.165, 1.54) is 0 Å². The Hall–Kier alpha value is -1.63. The highest BCUT2D eigenvalue weighted by Gasteiger charge is 2.03. The van der Waals surface area contributed by atoms with Crippen LogP contribution in [-0.4, -0.2) is 29.7 Å². The molecule has 0 fully saturated rings. The van der Waals surface area contributed by atoms with Crippen LogP contribution in [0, 0.1) is 11.3 Å². The van der Waals surface area contributed by atoms with E-state index in [4.69, 9.17) is 10.4 Å². The molecule has 0 aliphatic carbocycles. The second-order valence-electron chi connectivity index (χ2n) is 3.56. The van der Waals surface area contributed by atoms with E-state index < -0.39 is 0 Å². The third kappa shape index (κ3) is 3.85. The first-order valence-electron chi connectivity index (χ1n) is 5.23. The van der Waals surface area contributed by atoms with Crippen molar-refractivity contribution in [2.45, 2.75) is 6.54 Å². The Kier molecular flexibility index (Phi) is 5.27. The Morgan fingerprint density at radius 1 is 1.50 bits per heavy atom. The summed E-state index contributed by atoms with van der Waals surface area (Å²) in [5.41, 5.74) is 1.74. The van der Waals surface area contributed by atoms with Gasteiger partial charge in [-0.1, -0.05) is 18.2 Å². The molecule has 3 heteroatoms. The minimum absolute atomic E-state index is 0.131. The maximum Gasteiger partial charge on any atom is 0.0991 e. The number of aliphatic hydroxyl groups is 1. The summed E-state index contributed by atoms with van der Waals surface area (Å²) in [6, 6.07) is 9.62. The Labute approximate surface area is 96.2 Å². The van der Waals surface area contributed by atoms with Gasteiger partial charge in [0.2, 0.25) is 0 Å². The van der Waals surface area contributed by atoms with Crippen LogP contribution in [-0.2, 0) is 6.54 Å². The van der Waals surface area contributed by atoms with Crippen molar-refractivity contribution in [3.63, 3.8) is 0 Å². The molecular weight excluding hydrogens is 200 g/mol. The van der Waals surface area contributed by atoms with Gasteiger partial charge in [-0.3, -0.25) is 4.90 Å². The van der Waals surface area contributed by atoms with E-state index in [-0.39, 0.29) is 6.61 Å². The van der Waals surface area contributed by atoms with Gasteiger partial charge in [0.1, 0.15) is 0 Å². The zero-order valence-corrected chi connectivity index (χ0v) is 9.26. The van der Waals surface area contributed by atoms with Crippen LogP contribution < -0.4 is 0 Å². The van der Waals surface area contributed by atoms with Crippen molar-refractivity contribution in [1.82, 2.24) is 4.90 Å². The quantitative estimate of drug-likeness (QED) is 0.734. The third-order valence-corrected chi connectivity index (χ3v) is 2.27. The summed E-state index contributed by atoms with van der Waals surface area (Å²) in [6.45, 7) is 5.88. The van der Waals surface area contributed by atoms with E-state index in [0.717, 1.165) is 18.7 Å². The van der Waals surface area contributed by atoms with E-state index in [2.05, 4.69) is 17.5 Å². The molecule has 0 heterocycles. The van der Waals surface area contributed by atoms with Crippen LogP contribution >= 0.6 is 0 Å². The SMILES string of the molecule is C=CCN(CCO)Cc1cccc(C#N)c1. The number of hydrogen-bond acceptors (Lipinski definition) is 3. The van der Waals surface area contributed by atoms with E-state index in [9.17, 15) is 0 Å². The third-order valence-electron chi connectivity index (χ3n) is 2.27. The van der Waals surface area contributed by atoms with Crippen molar-refractivity contribution >= 4 is 0 Å². The summed E-state index contributed by atoms with van der Waals surface area (Å²) in [5, 5.41) is 17.7. The molecule has 0 unspecified atom stereocenters. The van der Waals surface area contributed by atoms with Gasteiger partial charge in [-0.15, -0.1) is 6.58 Å². The highest BCUT2D eigenvalue weighted by atomic mass is 16.3. The molecule has 0 aliphatic rings. The second kappa shape index (κ2) is 6.78. The Balaban J connectivity index is 2.68. The molecule has 84 valence electrons. The van der Waals surface area contributed by atoms with Crippen LogP contribution in [0.4, 0.5) is 0 Å². The van der Waals surface area contributed by atoms with Crippen LogP contribution in [0.5, 0.6) is 0 Å². The predicted octanol–water partition coefficient (Wildman–Crippen LogP) is 1.54. The fourth-order valence-corrected chi connectivity index (χ4v) is 1.56. The minimum Gasteiger partial charge on any atom is -0.395 e. The molecule has 0 aromatic heterocycles. The second-order valence-corrected chi connectivity index (χ2v) is 3.56. The molecule has 1 aromatic carbocycles. The van der Waals surface area contributed by atoms with Gasteiger partial charge in [0.15, 0.2) is 0 Å². The Bertz CT molecular complexity index is 382. The van der Waals surface area contributed by atoms with Crippen LogP contribution in [0.25, 0.3) is 0 Å². The number of hydrogen-bond donors (Lipinski definition) is 1. The zero-order valence-electron chi connectivity index (χ0n) is 9.26. The lowest BCUT2D eigenvalue weighted by Gasteiger charge is -2.19. The van der Waals surface area contributed by atoms with E-state index in [1.54, 1.807) is 6.07 Å². The highest BCUT2D eigenvalue weighted by molar-refractivity contribution is 5.32. The monoisotopic (exact) mass is 216 g/mol. The molecule has 0 bridgehead atoms. The summed E-state index contributed by atoms with van der Waals surface area (Å²) in [6.07, 6.45) is 1.81. The van der Waals surface area contributed by atoms with E-state index in [1.807, 2.05) is 24.3 Å². The largest absolute Gasteiger partial charge is 0.395 e. The van der Waals surface area contributed by atoms with Gasteiger partial charge in [-0.2, -0.15) is 5.26 Å². The van der Waals surface area contributed by atoms with E-state index >= 15 is 0 Å². The van der Waals surface area contributed by atoms with Gasteiger partial charge < -0.3 is 5.11 Å². The van der Waals surface area contributed by atoms with Crippen molar-refractivity contribution in [2.75, 3.05) is 19.7 Å². The molecule has 0 amide bonds. The van der Waals surface area contributed by atoms with Gasteiger partial charge >= 0.3 is 0 Å². The normalized spacial score (nSPS) is 10.1.